The zero-order chi connectivity index (χ0) is 39.9. The van der Waals surface area contributed by atoms with Crippen LogP contribution in [0.3, 0.4) is 0 Å². The average Bonchev–Trinajstić information content (AvgIpc) is 3.30. The molecule has 6 aromatic rings. The van der Waals surface area contributed by atoms with Gasteiger partial charge in [0.05, 0.1) is 0 Å². The van der Waals surface area contributed by atoms with Crippen LogP contribution in [0.1, 0.15) is 94.5 Å². The number of hydrogen-bond donors (Lipinski definition) is 0. The normalized spacial score (nSPS) is 13.5. The van der Waals surface area contributed by atoms with Crippen LogP contribution in [-0.4, -0.2) is 8.07 Å². The van der Waals surface area contributed by atoms with Crippen LogP contribution in [0, 0.1) is 41.5 Å². The quantitative estimate of drug-likeness (QED) is 0.147. The predicted molar refractivity (Wildman–Crippen MR) is 240 cm³/mol. The van der Waals surface area contributed by atoms with E-state index in [9.17, 15) is 0 Å². The van der Waals surface area contributed by atoms with Crippen molar-refractivity contribution in [3.05, 3.63) is 216 Å². The van der Waals surface area contributed by atoms with Gasteiger partial charge in [-0.25, -0.2) is 0 Å². The Balaban J connectivity index is 0.00000256. The van der Waals surface area contributed by atoms with Crippen LogP contribution in [-0.2, 0) is 39.7 Å². The van der Waals surface area contributed by atoms with E-state index in [2.05, 4.69) is 217 Å². The van der Waals surface area contributed by atoms with Crippen molar-refractivity contribution in [2.24, 2.45) is 0 Å². The number of rotatable bonds is 10. The van der Waals surface area contributed by atoms with Crippen LogP contribution >= 0.6 is 0 Å². The van der Waals surface area contributed by atoms with Crippen molar-refractivity contribution in [1.82, 2.24) is 0 Å². The fraction of sp³-hybridized carbons (Fsp3) is 0.259. The summed E-state index contributed by atoms with van der Waals surface area (Å²) in [7, 11) is -3.24. The summed E-state index contributed by atoms with van der Waals surface area (Å²) in [6, 6.07) is 48.8. The summed E-state index contributed by atoms with van der Waals surface area (Å²) in [6.45, 7) is 24.0. The Bertz CT molecular complexity index is 2240. The van der Waals surface area contributed by atoms with E-state index in [1.165, 1.54) is 89.1 Å². The van der Waals surface area contributed by atoms with Gasteiger partial charge in [0, 0.05) is 0 Å². The molecule has 0 atom stereocenters. The Kier molecular flexibility index (Phi) is 16.0. The number of hydrogen-bond acceptors (Lipinski definition) is 0. The van der Waals surface area contributed by atoms with E-state index in [1.807, 2.05) is 0 Å². The summed E-state index contributed by atoms with van der Waals surface area (Å²) < 4.78 is -0.260. The van der Waals surface area contributed by atoms with Gasteiger partial charge in [0.25, 0.3) is 0 Å². The van der Waals surface area contributed by atoms with E-state index in [0.29, 0.717) is 0 Å². The van der Waals surface area contributed by atoms with Crippen molar-refractivity contribution in [2.75, 3.05) is 0 Å². The smallest absolute Gasteiger partial charge is 1.00 e. The zero-order valence-corrected chi connectivity index (χ0v) is 41.2. The summed E-state index contributed by atoms with van der Waals surface area (Å²) in [4.78, 5) is 0. The minimum Gasteiger partial charge on any atom is -1.00 e. The molecule has 5 heteroatoms. The molecule has 0 spiro atoms. The first-order valence-corrected chi connectivity index (χ1v) is 23.1. The van der Waals surface area contributed by atoms with Crippen molar-refractivity contribution in [3.63, 3.8) is 0 Å². The van der Waals surface area contributed by atoms with E-state index in [-0.39, 0.29) is 40.6 Å². The molecule has 0 radical (unpaired) electrons. The SMILES string of the molecule is CC1=C(C)[C]([Ti+3])([Si](c2c(C)cc(C)cc2Cc2ccccc2)(c2c(C)cc(C)cc2Cc2ccccc2)c2c(C)cc(C)cc2Cc2ccccc2)C(C)=C1C.[Cl-].[Cl-].[Cl-]. The van der Waals surface area contributed by atoms with Gasteiger partial charge in [-0.3, -0.25) is 0 Å². The fourth-order valence-electron chi connectivity index (χ4n) is 10.5. The molecule has 0 fully saturated rings. The van der Waals surface area contributed by atoms with Crippen molar-refractivity contribution >= 4 is 23.6 Å². The van der Waals surface area contributed by atoms with Gasteiger partial charge in [-0.2, -0.15) is 0 Å². The Morgan fingerprint density at radius 3 is 0.898 bits per heavy atom. The molecule has 0 bridgehead atoms. The Hall–Kier alpha value is -3.40. The van der Waals surface area contributed by atoms with Gasteiger partial charge >= 0.3 is 352 Å². The standard InChI is InChI=1S/C54H57Si.3ClH.Ti/c1-35-26-38(4)51(48(29-35)32-45-20-14-11-15-21-45)55(54-43(9)41(7)42(8)44(54)10,52-39(5)27-36(2)30-49(52)33-46-22-16-12-17-23-46)53-40(6)28-37(3)31-50(53)34-47-24-18-13-19-25-47;;;;/h11-31H,32-34H2,1-10H3;3*1H;/q;;;;+3/p-3. The number of benzene rings is 6. The predicted octanol–water partition coefficient (Wildman–Crippen LogP) is 2.72. The van der Waals surface area contributed by atoms with E-state index in [1.54, 1.807) is 15.6 Å². The number of aryl methyl sites for hydroxylation is 6. The molecule has 0 saturated carbocycles. The first-order valence-electron chi connectivity index (χ1n) is 20.3. The topological polar surface area (TPSA) is 0 Å². The maximum absolute atomic E-state index is 3.24. The Labute approximate surface area is 386 Å². The third-order valence-corrected chi connectivity index (χ3v) is 22.1. The van der Waals surface area contributed by atoms with Gasteiger partial charge in [-0.05, 0) is 0 Å². The third-order valence-electron chi connectivity index (χ3n) is 12.9. The van der Waals surface area contributed by atoms with Gasteiger partial charge < -0.3 is 37.2 Å². The molecule has 0 N–H and O–H groups in total. The minimum absolute atomic E-state index is 0. The van der Waals surface area contributed by atoms with E-state index in [4.69, 9.17) is 0 Å². The van der Waals surface area contributed by atoms with Gasteiger partial charge in [0.15, 0.2) is 0 Å². The molecular weight excluding hydrogens is 831 g/mol. The summed E-state index contributed by atoms with van der Waals surface area (Å²) >= 11 is 2.67. The van der Waals surface area contributed by atoms with Gasteiger partial charge in [0.1, 0.15) is 0 Å². The largest absolute Gasteiger partial charge is 1.00 e. The monoisotopic (exact) mass is 886 g/mol. The Morgan fingerprint density at radius 1 is 0.390 bits per heavy atom. The molecule has 0 nitrogen and oxygen atoms in total. The van der Waals surface area contributed by atoms with Crippen LogP contribution in [0.5, 0.6) is 0 Å². The third kappa shape index (κ3) is 8.72. The number of halogens is 3. The summed E-state index contributed by atoms with van der Waals surface area (Å²) in [5.41, 5.74) is 22.7. The second-order valence-electron chi connectivity index (χ2n) is 16.8. The van der Waals surface area contributed by atoms with Crippen molar-refractivity contribution in [2.45, 2.75) is 91.8 Å². The molecular formula is C54H57Cl3SiTi. The molecule has 0 heterocycles. The molecule has 6 aromatic carbocycles. The van der Waals surface area contributed by atoms with Crippen molar-refractivity contribution < 1.29 is 57.7 Å². The van der Waals surface area contributed by atoms with Crippen LogP contribution in [0.25, 0.3) is 0 Å². The second-order valence-corrected chi connectivity index (χ2v) is 22.5. The molecule has 0 aromatic heterocycles. The summed E-state index contributed by atoms with van der Waals surface area (Å²) in [5, 5.41) is 4.79. The van der Waals surface area contributed by atoms with Crippen LogP contribution in [0.2, 0.25) is 3.34 Å². The average molecular weight is 888 g/mol. The van der Waals surface area contributed by atoms with E-state index >= 15 is 0 Å². The molecule has 0 saturated heterocycles. The molecule has 59 heavy (non-hydrogen) atoms. The Morgan fingerprint density at radius 2 is 0.644 bits per heavy atom. The molecule has 0 amide bonds. The maximum atomic E-state index is 2.67. The van der Waals surface area contributed by atoms with Crippen LogP contribution in [0.4, 0.5) is 0 Å². The van der Waals surface area contributed by atoms with Crippen LogP contribution < -0.4 is 52.8 Å². The van der Waals surface area contributed by atoms with E-state index < -0.39 is 8.07 Å². The van der Waals surface area contributed by atoms with Gasteiger partial charge in [-0.1, -0.05) is 0 Å². The summed E-state index contributed by atoms with van der Waals surface area (Å²) in [5.74, 6) is 0. The summed E-state index contributed by atoms with van der Waals surface area (Å²) in [6.07, 6.45) is 2.68. The van der Waals surface area contributed by atoms with Crippen molar-refractivity contribution in [1.29, 1.82) is 0 Å². The van der Waals surface area contributed by atoms with Gasteiger partial charge in [-0.15, -0.1) is 0 Å². The van der Waals surface area contributed by atoms with Gasteiger partial charge in [0.2, 0.25) is 0 Å². The molecule has 0 aliphatic heterocycles. The molecule has 302 valence electrons. The molecule has 0 unspecified atom stereocenters. The van der Waals surface area contributed by atoms with Crippen LogP contribution in [0.15, 0.2) is 150 Å². The first-order chi connectivity index (χ1) is 26.8. The first kappa shape index (κ1) is 48.3. The molecule has 1 aliphatic carbocycles. The molecule has 7 rings (SSSR count). The van der Waals surface area contributed by atoms with E-state index in [0.717, 1.165) is 19.3 Å². The fourth-order valence-corrected chi connectivity index (χ4v) is 20.2. The molecule has 1 aliphatic rings. The number of allylic oxidation sites excluding steroid dienone is 4. The maximum Gasteiger partial charge on any atom is -1.00 e. The van der Waals surface area contributed by atoms with Crippen molar-refractivity contribution in [3.8, 4) is 0 Å². The minimum atomic E-state index is -3.24. The zero-order valence-electron chi connectivity index (χ0n) is 36.4. The second kappa shape index (κ2) is 19.5.